The first-order valence-corrected chi connectivity index (χ1v) is 9.15. The molecule has 0 spiro atoms. The van der Waals surface area contributed by atoms with Crippen LogP contribution >= 0.6 is 0 Å². The maximum Gasteiger partial charge on any atom is 0.198 e. The summed E-state index contributed by atoms with van der Waals surface area (Å²) in [4.78, 5) is 25.5. The minimum atomic E-state index is -0.498. The van der Waals surface area contributed by atoms with E-state index in [0.29, 0.717) is 19.6 Å². The summed E-state index contributed by atoms with van der Waals surface area (Å²) in [6.45, 7) is 2.93. The highest BCUT2D eigenvalue weighted by molar-refractivity contribution is 6.30. The minimum Gasteiger partial charge on any atom is -0.507 e. The SMILES string of the molecule is CCCOC(CCNc1cc(O)c2c(c1O)C(=O)c1ccccc1C2=O)OC. The van der Waals surface area contributed by atoms with Gasteiger partial charge in [-0.05, 0) is 6.42 Å². The zero-order valence-corrected chi connectivity index (χ0v) is 15.8. The predicted octanol–water partition coefficient (Wildman–Crippen LogP) is 3.07. The van der Waals surface area contributed by atoms with Gasteiger partial charge in [0.1, 0.15) is 5.75 Å². The van der Waals surface area contributed by atoms with Gasteiger partial charge in [0.15, 0.2) is 23.6 Å². The van der Waals surface area contributed by atoms with Gasteiger partial charge in [0.25, 0.3) is 0 Å². The average molecular weight is 385 g/mol. The molecule has 0 saturated carbocycles. The fraction of sp³-hybridized carbons (Fsp3) is 0.333. The second kappa shape index (κ2) is 8.41. The second-order valence-corrected chi connectivity index (χ2v) is 6.50. The number of hydrogen-bond acceptors (Lipinski definition) is 7. The number of nitrogens with one attached hydrogen (secondary N) is 1. The number of benzene rings is 2. The first-order valence-electron chi connectivity index (χ1n) is 9.15. The van der Waals surface area contributed by atoms with Crippen molar-refractivity contribution in [1.82, 2.24) is 0 Å². The van der Waals surface area contributed by atoms with Crippen LogP contribution in [0.15, 0.2) is 30.3 Å². The molecule has 0 fully saturated rings. The van der Waals surface area contributed by atoms with Gasteiger partial charge in [-0.2, -0.15) is 0 Å². The van der Waals surface area contributed by atoms with Gasteiger partial charge in [-0.3, -0.25) is 9.59 Å². The molecular weight excluding hydrogens is 362 g/mol. The molecule has 7 heteroatoms. The van der Waals surface area contributed by atoms with Crippen LogP contribution in [0.3, 0.4) is 0 Å². The van der Waals surface area contributed by atoms with Crippen molar-refractivity contribution in [3.8, 4) is 11.5 Å². The van der Waals surface area contributed by atoms with Crippen LogP contribution in [0.2, 0.25) is 0 Å². The lowest BCUT2D eigenvalue weighted by Crippen LogP contribution is -2.22. The number of ether oxygens (including phenoxy) is 2. The molecule has 0 aliphatic heterocycles. The fourth-order valence-electron chi connectivity index (χ4n) is 3.24. The van der Waals surface area contributed by atoms with E-state index in [2.05, 4.69) is 5.32 Å². The molecule has 2 aromatic carbocycles. The van der Waals surface area contributed by atoms with Crippen molar-refractivity contribution in [1.29, 1.82) is 0 Å². The van der Waals surface area contributed by atoms with Gasteiger partial charge in [0.2, 0.25) is 0 Å². The minimum absolute atomic E-state index is 0.169. The molecule has 0 aromatic heterocycles. The molecule has 0 bridgehead atoms. The van der Waals surface area contributed by atoms with Gasteiger partial charge in [-0.15, -0.1) is 0 Å². The van der Waals surface area contributed by atoms with Crippen LogP contribution in [0.25, 0.3) is 0 Å². The quantitative estimate of drug-likeness (QED) is 0.311. The van der Waals surface area contributed by atoms with E-state index in [1.807, 2.05) is 6.92 Å². The van der Waals surface area contributed by atoms with Gasteiger partial charge >= 0.3 is 0 Å². The molecule has 7 nitrogen and oxygen atoms in total. The van der Waals surface area contributed by atoms with Crippen molar-refractivity contribution in [2.45, 2.75) is 26.1 Å². The molecule has 1 aliphatic rings. The third kappa shape index (κ3) is 3.58. The molecule has 1 unspecified atom stereocenters. The third-order valence-electron chi connectivity index (χ3n) is 4.62. The monoisotopic (exact) mass is 385 g/mol. The lowest BCUT2D eigenvalue weighted by Gasteiger charge is -2.22. The molecule has 1 aliphatic carbocycles. The lowest BCUT2D eigenvalue weighted by atomic mass is 9.82. The predicted molar refractivity (Wildman–Crippen MR) is 103 cm³/mol. The number of phenols is 2. The number of phenolic OH excluding ortho intramolecular Hbond substituents is 2. The van der Waals surface area contributed by atoms with Crippen LogP contribution in [0.5, 0.6) is 11.5 Å². The summed E-state index contributed by atoms with van der Waals surface area (Å²) in [5.74, 6) is -1.70. The number of aromatic hydroxyl groups is 2. The fourth-order valence-corrected chi connectivity index (χ4v) is 3.24. The summed E-state index contributed by atoms with van der Waals surface area (Å²) < 4.78 is 10.8. The molecule has 0 radical (unpaired) electrons. The van der Waals surface area contributed by atoms with E-state index < -0.39 is 17.9 Å². The number of fused-ring (bicyclic) bond motifs is 2. The number of ketones is 2. The van der Waals surface area contributed by atoms with E-state index in [-0.39, 0.29) is 39.4 Å². The van der Waals surface area contributed by atoms with Gasteiger partial charge in [-0.25, -0.2) is 0 Å². The number of anilines is 1. The molecule has 148 valence electrons. The molecule has 3 N–H and O–H groups in total. The van der Waals surface area contributed by atoms with Crippen LogP contribution in [0.1, 0.15) is 51.6 Å². The van der Waals surface area contributed by atoms with Gasteiger partial charge in [0, 0.05) is 43.9 Å². The Hall–Kier alpha value is -2.90. The Labute approximate surface area is 162 Å². The number of carbonyl (C=O) groups is 2. The Morgan fingerprint density at radius 3 is 2.32 bits per heavy atom. The summed E-state index contributed by atoms with van der Waals surface area (Å²) in [6, 6.07) is 7.61. The standard InChI is InChI=1S/C21H23NO6/c1-3-10-28-16(27-2)8-9-22-14-11-15(23)17-18(21(14)26)20(25)13-7-5-4-6-12(13)19(17)24/h4-7,11,16,22-23,26H,3,8-10H2,1-2H3. The van der Waals surface area contributed by atoms with Crippen LogP contribution in [0.4, 0.5) is 5.69 Å². The third-order valence-corrected chi connectivity index (χ3v) is 4.62. The number of hydrogen-bond donors (Lipinski definition) is 3. The summed E-state index contributed by atoms with van der Waals surface area (Å²) >= 11 is 0. The van der Waals surface area contributed by atoms with Crippen molar-refractivity contribution in [3.63, 3.8) is 0 Å². The largest absolute Gasteiger partial charge is 0.507 e. The van der Waals surface area contributed by atoms with Crippen LogP contribution < -0.4 is 5.32 Å². The summed E-state index contributed by atoms with van der Waals surface area (Å²) in [5, 5.41) is 24.0. The summed E-state index contributed by atoms with van der Waals surface area (Å²) in [6.07, 6.45) is 0.948. The lowest BCUT2D eigenvalue weighted by molar-refractivity contribution is -0.125. The molecule has 0 heterocycles. The van der Waals surface area contributed by atoms with Gasteiger partial charge in [0.05, 0.1) is 16.8 Å². The van der Waals surface area contributed by atoms with Crippen LogP contribution in [-0.4, -0.2) is 48.3 Å². The van der Waals surface area contributed by atoms with Crippen molar-refractivity contribution < 1.29 is 29.3 Å². The Morgan fingerprint density at radius 1 is 1.07 bits per heavy atom. The number of carbonyl (C=O) groups excluding carboxylic acids is 2. The zero-order chi connectivity index (χ0) is 20.3. The normalized spacial score (nSPS) is 13.8. The Balaban J connectivity index is 1.86. The molecule has 28 heavy (non-hydrogen) atoms. The zero-order valence-electron chi connectivity index (χ0n) is 15.8. The van der Waals surface area contributed by atoms with E-state index in [9.17, 15) is 19.8 Å². The number of rotatable bonds is 8. The van der Waals surface area contributed by atoms with Gasteiger partial charge in [-0.1, -0.05) is 31.2 Å². The first-order chi connectivity index (χ1) is 13.5. The maximum absolute atomic E-state index is 12.8. The molecule has 3 rings (SSSR count). The van der Waals surface area contributed by atoms with E-state index >= 15 is 0 Å². The smallest absolute Gasteiger partial charge is 0.198 e. The summed E-state index contributed by atoms with van der Waals surface area (Å²) in [7, 11) is 1.55. The van der Waals surface area contributed by atoms with Crippen molar-refractivity contribution >= 4 is 17.3 Å². The second-order valence-electron chi connectivity index (χ2n) is 6.50. The Bertz CT molecular complexity index is 908. The topological polar surface area (TPSA) is 105 Å². The Morgan fingerprint density at radius 2 is 1.71 bits per heavy atom. The highest BCUT2D eigenvalue weighted by atomic mass is 16.7. The van der Waals surface area contributed by atoms with Crippen LogP contribution in [0, 0.1) is 0 Å². The van der Waals surface area contributed by atoms with Crippen molar-refractivity contribution in [3.05, 3.63) is 52.6 Å². The molecule has 0 amide bonds. The van der Waals surface area contributed by atoms with Crippen molar-refractivity contribution in [2.24, 2.45) is 0 Å². The van der Waals surface area contributed by atoms with E-state index in [1.54, 1.807) is 19.2 Å². The first kappa shape index (κ1) is 19.9. The molecule has 1 atom stereocenters. The van der Waals surface area contributed by atoms with Gasteiger partial charge < -0.3 is 25.0 Å². The molecule has 0 saturated heterocycles. The average Bonchev–Trinajstić information content (AvgIpc) is 2.70. The molecule has 2 aromatic rings. The number of methoxy groups -OCH3 is 1. The van der Waals surface area contributed by atoms with Crippen molar-refractivity contribution in [2.75, 3.05) is 25.6 Å². The maximum atomic E-state index is 12.8. The van der Waals surface area contributed by atoms with E-state index in [4.69, 9.17) is 9.47 Å². The highest BCUT2D eigenvalue weighted by Gasteiger charge is 2.35. The van der Waals surface area contributed by atoms with E-state index in [0.717, 1.165) is 6.42 Å². The van der Waals surface area contributed by atoms with Crippen LogP contribution in [-0.2, 0) is 9.47 Å². The Kier molecular flexibility index (Phi) is 5.96. The molecular formula is C21H23NO6. The van der Waals surface area contributed by atoms with E-state index in [1.165, 1.54) is 18.2 Å². The highest BCUT2D eigenvalue weighted by Crippen LogP contribution is 2.42. The summed E-state index contributed by atoms with van der Waals surface area (Å²) in [5.41, 5.74) is 0.234.